The second-order valence-electron chi connectivity index (χ2n) is 4.25. The van der Waals surface area contributed by atoms with Gasteiger partial charge >= 0.3 is 0 Å². The first-order chi connectivity index (χ1) is 7.39. The van der Waals surface area contributed by atoms with Crippen molar-refractivity contribution < 1.29 is 17.1 Å². The van der Waals surface area contributed by atoms with E-state index in [1.165, 1.54) is 12.8 Å². The fourth-order valence-corrected chi connectivity index (χ4v) is 1.72. The second-order valence-corrected chi connectivity index (χ2v) is 4.25. The van der Waals surface area contributed by atoms with Crippen molar-refractivity contribution >= 4 is 24.8 Å². The van der Waals surface area contributed by atoms with Crippen LogP contribution in [0, 0.1) is 7.43 Å². The molecule has 19 heavy (non-hydrogen) atoms. The summed E-state index contributed by atoms with van der Waals surface area (Å²) < 4.78 is 0. The third-order valence-corrected chi connectivity index (χ3v) is 2.73. The van der Waals surface area contributed by atoms with Crippen molar-refractivity contribution in [3.8, 4) is 0 Å². The van der Waals surface area contributed by atoms with Crippen molar-refractivity contribution in [2.24, 2.45) is 0 Å². The second kappa shape index (κ2) is 21.2. The van der Waals surface area contributed by atoms with Crippen molar-refractivity contribution in [3.63, 3.8) is 0 Å². The van der Waals surface area contributed by atoms with Crippen LogP contribution in [0.5, 0.6) is 0 Å². The van der Waals surface area contributed by atoms with E-state index in [1.54, 1.807) is 0 Å². The minimum atomic E-state index is 0. The van der Waals surface area contributed by atoms with E-state index < -0.39 is 0 Å². The molecule has 1 radical (unpaired) electrons. The molecule has 1 saturated heterocycles. The molecule has 0 aromatic carbocycles. The molecule has 7 heteroatoms. The van der Waals surface area contributed by atoms with Crippen LogP contribution in [0.2, 0.25) is 0 Å². The first-order valence-electron chi connectivity index (χ1n) is 6.25. The molecule has 0 bridgehead atoms. The molecule has 1 fully saturated rings. The summed E-state index contributed by atoms with van der Waals surface area (Å²) in [6.45, 7) is 9.94. The van der Waals surface area contributed by atoms with Gasteiger partial charge in [-0.1, -0.05) is 0 Å². The van der Waals surface area contributed by atoms with Crippen molar-refractivity contribution in [1.29, 1.82) is 0 Å². The van der Waals surface area contributed by atoms with Gasteiger partial charge in [0.05, 0.1) is 0 Å². The van der Waals surface area contributed by atoms with Gasteiger partial charge < -0.3 is 28.7 Å². The van der Waals surface area contributed by atoms with Gasteiger partial charge in [0.1, 0.15) is 0 Å². The fourth-order valence-electron chi connectivity index (χ4n) is 1.72. The van der Waals surface area contributed by atoms with Gasteiger partial charge in [-0.2, -0.15) is 0 Å². The number of rotatable bonds is 0. The molecule has 121 valence electrons. The van der Waals surface area contributed by atoms with Crippen LogP contribution in [0.1, 0.15) is 19.8 Å². The predicted octanol–water partition coefficient (Wildman–Crippen LogP) is 0.818. The smallest absolute Gasteiger partial charge is 0.00792 e. The summed E-state index contributed by atoms with van der Waals surface area (Å²) >= 11 is 0. The quantitative estimate of drug-likeness (QED) is 0.383. The minimum Gasteiger partial charge on any atom is -0.358 e. The molecule has 1 rings (SSSR count). The molecule has 0 saturated carbocycles. The van der Waals surface area contributed by atoms with Gasteiger partial charge in [-0.15, -0.1) is 24.8 Å². The summed E-state index contributed by atoms with van der Waals surface area (Å²) in [6, 6.07) is 0.621. The van der Waals surface area contributed by atoms with Crippen molar-refractivity contribution in [2.45, 2.75) is 25.8 Å². The van der Waals surface area contributed by atoms with Crippen LogP contribution < -0.4 is 21.3 Å². The number of halogens is 2. The molecule has 1 unspecified atom stereocenters. The minimum absolute atomic E-state index is 0. The Labute approximate surface area is 142 Å². The van der Waals surface area contributed by atoms with Crippen molar-refractivity contribution in [3.05, 3.63) is 7.43 Å². The van der Waals surface area contributed by atoms with Crippen LogP contribution in [-0.4, -0.2) is 51.9 Å². The summed E-state index contributed by atoms with van der Waals surface area (Å²) in [5.74, 6) is 0. The van der Waals surface area contributed by atoms with Crippen molar-refractivity contribution in [2.75, 3.05) is 45.8 Å². The summed E-state index contributed by atoms with van der Waals surface area (Å²) in [7, 11) is 0. The van der Waals surface area contributed by atoms with Gasteiger partial charge in [-0.25, -0.2) is 0 Å². The van der Waals surface area contributed by atoms with E-state index in [1.807, 2.05) is 0 Å². The third-order valence-electron chi connectivity index (χ3n) is 2.73. The van der Waals surface area contributed by atoms with Gasteiger partial charge in [0, 0.05) is 49.3 Å². The molecule has 4 nitrogen and oxygen atoms in total. The zero-order valence-electron chi connectivity index (χ0n) is 12.1. The van der Waals surface area contributed by atoms with Gasteiger partial charge in [-0.05, 0) is 39.4 Å². The van der Waals surface area contributed by atoms with Crippen LogP contribution >= 0.6 is 24.8 Å². The zero-order valence-corrected chi connectivity index (χ0v) is 14.9. The Balaban J connectivity index is -0.000000281. The summed E-state index contributed by atoms with van der Waals surface area (Å²) in [5.41, 5.74) is 0. The molecule has 4 N–H and O–H groups in total. The van der Waals surface area contributed by atoms with Crippen LogP contribution in [0.3, 0.4) is 0 Å². The Morgan fingerprint density at radius 1 is 0.737 bits per heavy atom. The summed E-state index contributed by atoms with van der Waals surface area (Å²) in [6.07, 6.45) is 2.43. The van der Waals surface area contributed by atoms with E-state index in [0.717, 1.165) is 45.8 Å². The molecule has 0 spiro atoms. The molecule has 1 aliphatic rings. The first-order valence-corrected chi connectivity index (χ1v) is 6.25. The number of nitrogens with one attached hydrogen (secondary N) is 4. The van der Waals surface area contributed by atoms with E-state index in [4.69, 9.17) is 0 Å². The van der Waals surface area contributed by atoms with Crippen LogP contribution in [0.4, 0.5) is 0 Å². The van der Waals surface area contributed by atoms with Gasteiger partial charge in [0.25, 0.3) is 0 Å². The first kappa shape index (κ1) is 28.2. The summed E-state index contributed by atoms with van der Waals surface area (Å²) in [5, 5.41) is 13.8. The van der Waals surface area contributed by atoms with Crippen LogP contribution in [0.15, 0.2) is 0 Å². The van der Waals surface area contributed by atoms with Gasteiger partial charge in [-0.3, -0.25) is 0 Å². The van der Waals surface area contributed by atoms with E-state index in [9.17, 15) is 0 Å². The zero-order chi connectivity index (χ0) is 10.8. The average Bonchev–Trinajstić information content (AvgIpc) is 2.24. The third kappa shape index (κ3) is 18.9. The molecule has 0 aromatic rings. The van der Waals surface area contributed by atoms with E-state index in [2.05, 4.69) is 28.2 Å². The normalized spacial score (nSPS) is 22.3. The molecular weight excluding hydrogens is 326 g/mol. The largest absolute Gasteiger partial charge is 0.358 e. The van der Waals surface area contributed by atoms with Crippen LogP contribution in [0.25, 0.3) is 0 Å². The topological polar surface area (TPSA) is 48.1 Å². The molecule has 0 aromatic heterocycles. The average molecular weight is 357 g/mol. The molecule has 1 atom stereocenters. The van der Waals surface area contributed by atoms with E-state index in [-0.39, 0.29) is 49.3 Å². The van der Waals surface area contributed by atoms with E-state index >= 15 is 0 Å². The Morgan fingerprint density at radius 3 is 1.79 bits per heavy atom. The summed E-state index contributed by atoms with van der Waals surface area (Å²) in [4.78, 5) is 0. The Morgan fingerprint density at radius 2 is 1.21 bits per heavy atom. The predicted molar refractivity (Wildman–Crippen MR) is 86.2 cm³/mol. The van der Waals surface area contributed by atoms with Gasteiger partial charge in [0.15, 0.2) is 0 Å². The maximum absolute atomic E-state index is 3.52. The maximum atomic E-state index is 3.52. The Hall–Kier alpha value is 0.939. The molecule has 1 heterocycles. The molecule has 0 amide bonds. The van der Waals surface area contributed by atoms with Crippen molar-refractivity contribution in [1.82, 2.24) is 21.3 Å². The van der Waals surface area contributed by atoms with Crippen LogP contribution in [-0.2, 0) is 17.1 Å². The molecule has 0 aliphatic carbocycles. The van der Waals surface area contributed by atoms with Gasteiger partial charge in [0.2, 0.25) is 0 Å². The fraction of sp³-hybridized carbons (Fsp3) is 0.917. The SMILES string of the molecule is CC1CCNCCNCCCNCCN1.Cl.Cl.[CH3-].[Mn]. The Bertz CT molecular complexity index is 142. The monoisotopic (exact) mass is 356 g/mol. The standard InChI is InChI=1S/C11H26N4.CH3.2ClH.Mn/c1-11-3-6-14-8-7-12-4-2-5-13-9-10-15-11;;;;/h11-15H,2-10H2,1H3;1H3;2*1H;/q;-1;;;. The Kier molecular flexibility index (Phi) is 31.5. The molecular formula is C12H31Cl2MnN4-. The van der Waals surface area contributed by atoms with E-state index in [0.29, 0.717) is 6.04 Å². The number of hydrogen-bond donors (Lipinski definition) is 4. The number of hydrogen-bond acceptors (Lipinski definition) is 4. The molecule has 1 aliphatic heterocycles. The maximum Gasteiger partial charge on any atom is 0.00792 e.